The van der Waals surface area contributed by atoms with Crippen molar-refractivity contribution in [2.24, 2.45) is 10.9 Å². The van der Waals surface area contributed by atoms with Crippen LogP contribution in [0.4, 0.5) is 0 Å². The average molecular weight is 326 g/mol. The van der Waals surface area contributed by atoms with Gasteiger partial charge in [0.2, 0.25) is 0 Å². The van der Waals surface area contributed by atoms with E-state index in [1.807, 2.05) is 30.5 Å². The average Bonchev–Trinajstić information content (AvgIpc) is 3.45. The van der Waals surface area contributed by atoms with Crippen LogP contribution in [-0.4, -0.2) is 37.7 Å². The fourth-order valence-corrected chi connectivity index (χ4v) is 2.62. The summed E-state index contributed by atoms with van der Waals surface area (Å²) in [6.07, 6.45) is 5.54. The molecule has 0 amide bonds. The summed E-state index contributed by atoms with van der Waals surface area (Å²) in [6.45, 7) is 3.33. The van der Waals surface area contributed by atoms with Gasteiger partial charge < -0.3 is 15.4 Å². The van der Waals surface area contributed by atoms with Gasteiger partial charge >= 0.3 is 0 Å². The molecule has 1 aliphatic carbocycles. The maximum absolute atomic E-state index is 5.64. The molecule has 1 heterocycles. The van der Waals surface area contributed by atoms with Gasteiger partial charge in [-0.25, -0.2) is 0 Å². The number of para-hydroxylation sites is 1. The fourth-order valence-electron chi connectivity index (χ4n) is 2.62. The van der Waals surface area contributed by atoms with Crippen LogP contribution < -0.4 is 10.6 Å². The summed E-state index contributed by atoms with van der Waals surface area (Å²) >= 11 is 0. The number of benzene rings is 1. The van der Waals surface area contributed by atoms with E-state index in [9.17, 15) is 0 Å². The molecule has 1 aromatic carbocycles. The van der Waals surface area contributed by atoms with Crippen molar-refractivity contribution in [2.75, 3.05) is 26.8 Å². The maximum atomic E-state index is 5.64. The molecule has 2 N–H and O–H groups in total. The minimum atomic E-state index is 0.723. The summed E-state index contributed by atoms with van der Waals surface area (Å²) in [4.78, 5) is 8.67. The second-order valence-corrected chi connectivity index (χ2v) is 6.21. The Labute approximate surface area is 143 Å². The standard InChI is InChI=1S/C19H26N4O/c1-20-19(22-10-4-12-24-14-15-7-8-15)23-13-16-9-11-21-18-6-3-2-5-17(16)18/h2-3,5-6,9,11,15H,4,7-8,10,12-14H2,1H3,(H2,20,22,23). The van der Waals surface area contributed by atoms with E-state index in [0.29, 0.717) is 0 Å². The Balaban J connectivity index is 1.41. The SMILES string of the molecule is CN=C(NCCCOCC1CC1)NCc1ccnc2ccccc12. The van der Waals surface area contributed by atoms with Gasteiger partial charge in [-0.3, -0.25) is 9.98 Å². The largest absolute Gasteiger partial charge is 0.381 e. The molecule has 5 heteroatoms. The van der Waals surface area contributed by atoms with Gasteiger partial charge in [0.1, 0.15) is 0 Å². The molecule has 0 aliphatic heterocycles. The molecule has 24 heavy (non-hydrogen) atoms. The molecule has 3 rings (SSSR count). The molecule has 0 unspecified atom stereocenters. The zero-order valence-electron chi connectivity index (χ0n) is 14.3. The fraction of sp³-hybridized carbons (Fsp3) is 0.474. The van der Waals surface area contributed by atoms with Crippen molar-refractivity contribution in [1.29, 1.82) is 0 Å². The highest BCUT2D eigenvalue weighted by Crippen LogP contribution is 2.28. The number of guanidine groups is 1. The lowest BCUT2D eigenvalue weighted by Gasteiger charge is -2.13. The molecule has 0 radical (unpaired) electrons. The zero-order chi connectivity index (χ0) is 16.6. The number of ether oxygens (including phenoxy) is 1. The lowest BCUT2D eigenvalue weighted by molar-refractivity contribution is 0.123. The van der Waals surface area contributed by atoms with Crippen LogP contribution in [0, 0.1) is 5.92 Å². The van der Waals surface area contributed by atoms with E-state index in [1.54, 1.807) is 7.05 Å². The van der Waals surface area contributed by atoms with Crippen LogP contribution in [0.2, 0.25) is 0 Å². The first-order valence-electron chi connectivity index (χ1n) is 8.71. The van der Waals surface area contributed by atoms with Crippen molar-refractivity contribution in [3.8, 4) is 0 Å². The van der Waals surface area contributed by atoms with Crippen molar-refractivity contribution < 1.29 is 4.74 Å². The van der Waals surface area contributed by atoms with E-state index in [4.69, 9.17) is 4.74 Å². The third kappa shape index (κ3) is 4.93. The summed E-state index contributed by atoms with van der Waals surface area (Å²) < 4.78 is 5.64. The van der Waals surface area contributed by atoms with Crippen LogP contribution in [0.5, 0.6) is 0 Å². The second kappa shape index (κ2) is 8.64. The molecular weight excluding hydrogens is 300 g/mol. The van der Waals surface area contributed by atoms with Crippen LogP contribution in [0.25, 0.3) is 10.9 Å². The minimum absolute atomic E-state index is 0.723. The Morgan fingerprint density at radius 1 is 1.25 bits per heavy atom. The van der Waals surface area contributed by atoms with Gasteiger partial charge in [-0.05, 0) is 42.9 Å². The Morgan fingerprint density at radius 3 is 2.96 bits per heavy atom. The van der Waals surface area contributed by atoms with E-state index in [2.05, 4.69) is 26.7 Å². The first-order valence-corrected chi connectivity index (χ1v) is 8.71. The molecule has 1 aromatic heterocycles. The number of fused-ring (bicyclic) bond motifs is 1. The number of hydrogen-bond donors (Lipinski definition) is 2. The Hall–Kier alpha value is -2.14. The molecule has 0 spiro atoms. The van der Waals surface area contributed by atoms with Crippen molar-refractivity contribution in [1.82, 2.24) is 15.6 Å². The zero-order valence-corrected chi connectivity index (χ0v) is 14.3. The predicted molar refractivity (Wildman–Crippen MR) is 98.1 cm³/mol. The van der Waals surface area contributed by atoms with Crippen LogP contribution in [-0.2, 0) is 11.3 Å². The van der Waals surface area contributed by atoms with Crippen molar-refractivity contribution in [3.05, 3.63) is 42.1 Å². The number of nitrogens with zero attached hydrogens (tertiary/aromatic N) is 2. The van der Waals surface area contributed by atoms with Gasteiger partial charge in [0.05, 0.1) is 5.52 Å². The molecule has 0 saturated heterocycles. The summed E-state index contributed by atoms with van der Waals surface area (Å²) in [7, 11) is 1.80. The van der Waals surface area contributed by atoms with Crippen molar-refractivity contribution in [3.63, 3.8) is 0 Å². The minimum Gasteiger partial charge on any atom is -0.381 e. The van der Waals surface area contributed by atoms with Crippen LogP contribution >= 0.6 is 0 Å². The lowest BCUT2D eigenvalue weighted by atomic mass is 10.1. The van der Waals surface area contributed by atoms with Crippen LogP contribution in [0.15, 0.2) is 41.5 Å². The Kier molecular flexibility index (Phi) is 6.01. The van der Waals surface area contributed by atoms with Crippen LogP contribution in [0.1, 0.15) is 24.8 Å². The Bertz CT molecular complexity index is 677. The van der Waals surface area contributed by atoms with Gasteiger partial charge in [-0.2, -0.15) is 0 Å². The monoisotopic (exact) mass is 326 g/mol. The molecule has 2 aromatic rings. The molecule has 0 bridgehead atoms. The molecule has 1 saturated carbocycles. The molecule has 5 nitrogen and oxygen atoms in total. The lowest BCUT2D eigenvalue weighted by Crippen LogP contribution is -2.37. The molecule has 1 fully saturated rings. The smallest absolute Gasteiger partial charge is 0.191 e. The summed E-state index contributed by atoms with van der Waals surface area (Å²) in [6, 6.07) is 10.2. The van der Waals surface area contributed by atoms with Gasteiger partial charge in [-0.1, -0.05) is 18.2 Å². The van der Waals surface area contributed by atoms with E-state index < -0.39 is 0 Å². The third-order valence-corrected chi connectivity index (χ3v) is 4.22. The summed E-state index contributed by atoms with van der Waals surface area (Å²) in [5, 5.41) is 7.88. The third-order valence-electron chi connectivity index (χ3n) is 4.22. The van der Waals surface area contributed by atoms with E-state index in [-0.39, 0.29) is 0 Å². The van der Waals surface area contributed by atoms with Crippen LogP contribution in [0.3, 0.4) is 0 Å². The van der Waals surface area contributed by atoms with Gasteiger partial charge in [-0.15, -0.1) is 0 Å². The number of rotatable bonds is 8. The molecule has 0 atom stereocenters. The summed E-state index contributed by atoms with van der Waals surface area (Å²) in [5.74, 6) is 1.65. The Morgan fingerprint density at radius 2 is 2.12 bits per heavy atom. The maximum Gasteiger partial charge on any atom is 0.191 e. The number of aliphatic imine (C=N–C) groups is 1. The topological polar surface area (TPSA) is 58.5 Å². The van der Waals surface area contributed by atoms with Gasteiger partial charge in [0.25, 0.3) is 0 Å². The predicted octanol–water partition coefficient (Wildman–Crippen LogP) is 2.72. The van der Waals surface area contributed by atoms with E-state index in [0.717, 1.165) is 50.1 Å². The second-order valence-electron chi connectivity index (χ2n) is 6.21. The highest BCUT2D eigenvalue weighted by molar-refractivity contribution is 5.83. The molecule has 1 aliphatic rings. The number of pyridine rings is 1. The molecular formula is C19H26N4O. The van der Waals surface area contributed by atoms with Crippen molar-refractivity contribution in [2.45, 2.75) is 25.8 Å². The number of nitrogens with one attached hydrogen (secondary N) is 2. The molecule has 128 valence electrons. The first kappa shape index (κ1) is 16.7. The van der Waals surface area contributed by atoms with Gasteiger partial charge in [0.15, 0.2) is 5.96 Å². The van der Waals surface area contributed by atoms with E-state index >= 15 is 0 Å². The highest BCUT2D eigenvalue weighted by Gasteiger charge is 2.20. The van der Waals surface area contributed by atoms with Gasteiger partial charge in [0, 0.05) is 44.9 Å². The highest BCUT2D eigenvalue weighted by atomic mass is 16.5. The first-order chi connectivity index (χ1) is 11.9. The number of hydrogen-bond acceptors (Lipinski definition) is 3. The summed E-state index contributed by atoms with van der Waals surface area (Å²) in [5.41, 5.74) is 2.24. The normalized spacial score (nSPS) is 14.8. The van der Waals surface area contributed by atoms with E-state index in [1.165, 1.54) is 23.8 Å². The quantitative estimate of drug-likeness (QED) is 0.445. The number of aromatic nitrogens is 1. The van der Waals surface area contributed by atoms with Crippen molar-refractivity contribution >= 4 is 16.9 Å².